The third kappa shape index (κ3) is 5.04. The molecule has 10 heteroatoms. The molecule has 4 rings (SSSR count). The van der Waals surface area contributed by atoms with Crippen LogP contribution < -0.4 is 20.3 Å². The Labute approximate surface area is 215 Å². The van der Waals surface area contributed by atoms with Crippen molar-refractivity contribution in [2.75, 3.05) is 20.4 Å². The van der Waals surface area contributed by atoms with Crippen LogP contribution in [0.5, 0.6) is 11.5 Å². The average molecular weight is 521 g/mol. The van der Waals surface area contributed by atoms with Crippen molar-refractivity contribution in [3.63, 3.8) is 0 Å². The van der Waals surface area contributed by atoms with Crippen molar-refractivity contribution in [3.05, 3.63) is 44.0 Å². The highest BCUT2D eigenvalue weighted by Gasteiger charge is 2.47. The number of rotatable bonds is 6. The number of hydrogen-bond acceptors (Lipinski definition) is 7. The lowest BCUT2D eigenvalue weighted by atomic mass is 9.81. The number of ether oxygens (including phenoxy) is 2. The molecule has 8 nitrogen and oxygen atoms in total. The second-order valence-electron chi connectivity index (χ2n) is 9.70. The zero-order valence-electron chi connectivity index (χ0n) is 21.1. The number of halogens is 1. The van der Waals surface area contributed by atoms with Gasteiger partial charge in [0.2, 0.25) is 0 Å². The zero-order chi connectivity index (χ0) is 25.5. The van der Waals surface area contributed by atoms with E-state index in [-0.39, 0.29) is 23.9 Å². The third-order valence-corrected chi connectivity index (χ3v) is 8.18. The lowest BCUT2D eigenvalue weighted by Gasteiger charge is -2.39. The molecule has 1 aliphatic carbocycles. The summed E-state index contributed by atoms with van der Waals surface area (Å²) in [5.41, 5.74) is 1.21. The summed E-state index contributed by atoms with van der Waals surface area (Å²) in [6.45, 7) is 5.57. The molecule has 2 heterocycles. The highest BCUT2D eigenvalue weighted by atomic mass is 35.5. The molecule has 1 fully saturated rings. The number of thioether (sulfide) groups is 1. The first kappa shape index (κ1) is 25.9. The Morgan fingerprint density at radius 3 is 2.54 bits per heavy atom. The van der Waals surface area contributed by atoms with Crippen LogP contribution in [0.2, 0.25) is 5.02 Å². The monoisotopic (exact) mass is 520 g/mol. The summed E-state index contributed by atoms with van der Waals surface area (Å²) in [5.74, 6) is 0.594. The maximum absolute atomic E-state index is 13.1. The minimum Gasteiger partial charge on any atom is -0.448 e. The summed E-state index contributed by atoms with van der Waals surface area (Å²) in [6, 6.07) is 2.18. The van der Waals surface area contributed by atoms with E-state index in [2.05, 4.69) is 34.3 Å². The minimum atomic E-state index is -0.822. The number of benzene rings is 1. The number of aryl methyl sites for hydroxylation is 1. The molecule has 1 aliphatic heterocycles. The topological polar surface area (TPSA) is 96.5 Å². The first-order chi connectivity index (χ1) is 16.5. The van der Waals surface area contributed by atoms with E-state index >= 15 is 0 Å². The molecule has 1 atom stereocenters. The van der Waals surface area contributed by atoms with Gasteiger partial charge >= 0.3 is 0 Å². The highest BCUT2D eigenvalue weighted by molar-refractivity contribution is 7.98. The number of nitrogens with one attached hydrogen (secondary N) is 2. The van der Waals surface area contributed by atoms with Gasteiger partial charge in [-0.2, -0.15) is 0 Å². The first-order valence-electron chi connectivity index (χ1n) is 11.8. The molecule has 0 radical (unpaired) electrons. The van der Waals surface area contributed by atoms with Gasteiger partial charge in [-0.1, -0.05) is 11.6 Å². The van der Waals surface area contributed by atoms with E-state index in [1.165, 1.54) is 11.8 Å². The molecule has 1 aromatic carbocycles. The number of amides is 1. The standard InChI is InChI=1S/C25H33ClN4O4S/c1-13-17(22(31)27-12-18-23(32)28-14(2)29-24(18)35-6)11-19(26)21-20(13)33-25(3,34-21)15-7-9-16(10-8-15)30(4)5/h11,15-16H,7-10,12H2,1-6H3,(H,27,31)(H,28,29,32)/t15?,16?,25-/m1/s1. The van der Waals surface area contributed by atoms with Crippen LogP contribution in [0.15, 0.2) is 15.9 Å². The summed E-state index contributed by atoms with van der Waals surface area (Å²) >= 11 is 7.93. The van der Waals surface area contributed by atoms with Crippen LogP contribution in [0.1, 0.15) is 59.9 Å². The molecule has 0 saturated heterocycles. The van der Waals surface area contributed by atoms with Crippen LogP contribution >= 0.6 is 23.4 Å². The van der Waals surface area contributed by atoms with Crippen LogP contribution in [-0.4, -0.2) is 53.0 Å². The van der Waals surface area contributed by atoms with Crippen molar-refractivity contribution in [3.8, 4) is 11.5 Å². The lowest BCUT2D eigenvalue weighted by molar-refractivity contribution is -0.123. The molecule has 2 aromatic rings. The fraction of sp³-hybridized carbons (Fsp3) is 0.560. The molecule has 0 spiro atoms. The van der Waals surface area contributed by atoms with Gasteiger partial charge in [0.05, 0.1) is 17.1 Å². The molecule has 1 aromatic heterocycles. The summed E-state index contributed by atoms with van der Waals surface area (Å²) in [6.07, 6.45) is 6.00. The fourth-order valence-electron chi connectivity index (χ4n) is 5.04. The second-order valence-corrected chi connectivity index (χ2v) is 10.9. The van der Waals surface area contributed by atoms with Crippen LogP contribution in [0.4, 0.5) is 0 Å². The van der Waals surface area contributed by atoms with Gasteiger partial charge in [-0.3, -0.25) is 9.59 Å². The predicted octanol–water partition coefficient (Wildman–Crippen LogP) is 4.30. The Kier molecular flexibility index (Phi) is 7.41. The second kappa shape index (κ2) is 10.0. The normalized spacial score (nSPS) is 23.5. The van der Waals surface area contributed by atoms with Crippen molar-refractivity contribution in [1.29, 1.82) is 0 Å². The Morgan fingerprint density at radius 1 is 1.26 bits per heavy atom. The number of carbonyl (C=O) groups is 1. The van der Waals surface area contributed by atoms with Gasteiger partial charge in [0.25, 0.3) is 17.3 Å². The number of nitrogens with zero attached hydrogens (tertiary/aromatic N) is 2. The van der Waals surface area contributed by atoms with Crippen LogP contribution in [0, 0.1) is 19.8 Å². The Morgan fingerprint density at radius 2 is 1.91 bits per heavy atom. The van der Waals surface area contributed by atoms with E-state index in [1.54, 1.807) is 13.0 Å². The van der Waals surface area contributed by atoms with E-state index in [1.807, 2.05) is 20.1 Å². The van der Waals surface area contributed by atoms with Gasteiger partial charge in [0, 0.05) is 30.0 Å². The number of H-pyrrole nitrogens is 1. The van der Waals surface area contributed by atoms with E-state index in [0.29, 0.717) is 50.1 Å². The van der Waals surface area contributed by atoms with E-state index < -0.39 is 5.79 Å². The number of aromatic nitrogens is 2. The zero-order valence-corrected chi connectivity index (χ0v) is 22.7. The Hall–Kier alpha value is -2.23. The molecule has 190 valence electrons. The van der Waals surface area contributed by atoms with Gasteiger partial charge in [-0.15, -0.1) is 11.8 Å². The van der Waals surface area contributed by atoms with Crippen molar-refractivity contribution >= 4 is 29.3 Å². The molecule has 1 saturated carbocycles. The number of aromatic amines is 1. The van der Waals surface area contributed by atoms with Crippen molar-refractivity contribution in [1.82, 2.24) is 20.2 Å². The number of hydrogen-bond donors (Lipinski definition) is 2. The summed E-state index contributed by atoms with van der Waals surface area (Å²) in [7, 11) is 4.24. The van der Waals surface area contributed by atoms with E-state index in [4.69, 9.17) is 21.1 Å². The summed E-state index contributed by atoms with van der Waals surface area (Å²) in [5, 5.41) is 3.76. The summed E-state index contributed by atoms with van der Waals surface area (Å²) < 4.78 is 12.7. The van der Waals surface area contributed by atoms with Crippen molar-refractivity contribution in [2.24, 2.45) is 5.92 Å². The molecule has 2 N–H and O–H groups in total. The van der Waals surface area contributed by atoms with Crippen molar-refractivity contribution in [2.45, 2.75) is 69.9 Å². The molecular formula is C25H33ClN4O4S. The van der Waals surface area contributed by atoms with Crippen LogP contribution in [-0.2, 0) is 6.54 Å². The number of carbonyl (C=O) groups excluding carboxylic acids is 1. The lowest BCUT2D eigenvalue weighted by Crippen LogP contribution is -2.46. The quantitative estimate of drug-likeness (QED) is 0.433. The molecule has 1 amide bonds. The molecule has 0 unspecified atom stereocenters. The van der Waals surface area contributed by atoms with Gasteiger partial charge in [0.1, 0.15) is 10.9 Å². The smallest absolute Gasteiger partial charge is 0.257 e. The van der Waals surface area contributed by atoms with Gasteiger partial charge < -0.3 is 24.7 Å². The highest BCUT2D eigenvalue weighted by Crippen LogP contribution is 2.51. The van der Waals surface area contributed by atoms with Gasteiger partial charge in [-0.05, 0) is 65.9 Å². The third-order valence-electron chi connectivity index (χ3n) is 7.18. The Balaban J connectivity index is 1.52. The van der Waals surface area contributed by atoms with E-state index in [0.717, 1.165) is 25.7 Å². The molecule has 2 aliphatic rings. The number of fused-ring (bicyclic) bond motifs is 1. The molecular weight excluding hydrogens is 488 g/mol. The largest absolute Gasteiger partial charge is 0.448 e. The predicted molar refractivity (Wildman–Crippen MR) is 138 cm³/mol. The first-order valence-corrected chi connectivity index (χ1v) is 13.4. The van der Waals surface area contributed by atoms with Crippen molar-refractivity contribution < 1.29 is 14.3 Å². The van der Waals surface area contributed by atoms with E-state index in [9.17, 15) is 9.59 Å². The van der Waals surface area contributed by atoms with Crippen LogP contribution in [0.3, 0.4) is 0 Å². The molecule has 35 heavy (non-hydrogen) atoms. The maximum atomic E-state index is 13.1. The van der Waals surface area contributed by atoms with Gasteiger partial charge in [-0.25, -0.2) is 4.98 Å². The summed E-state index contributed by atoms with van der Waals surface area (Å²) in [4.78, 5) is 34.8. The SMILES string of the molecule is CSc1nc(C)[nH]c(=O)c1CNC(=O)c1cc(Cl)c2c(c1C)O[C@@](C)(C1CCC(N(C)C)CC1)O2. The average Bonchev–Trinajstić information content (AvgIpc) is 3.20. The Bertz CT molecular complexity index is 1190. The molecule has 0 bridgehead atoms. The minimum absolute atomic E-state index is 0.0515. The fourth-order valence-corrected chi connectivity index (χ4v) is 5.91. The maximum Gasteiger partial charge on any atom is 0.257 e. The van der Waals surface area contributed by atoms with Crippen LogP contribution in [0.25, 0.3) is 0 Å². The van der Waals surface area contributed by atoms with Gasteiger partial charge in [0.15, 0.2) is 11.5 Å².